The summed E-state index contributed by atoms with van der Waals surface area (Å²) in [6.45, 7) is 0. The molecule has 0 unspecified atom stereocenters. The van der Waals surface area contributed by atoms with E-state index in [-0.39, 0.29) is 5.75 Å². The van der Waals surface area contributed by atoms with Crippen molar-refractivity contribution in [3.63, 3.8) is 0 Å². The molecule has 1 aromatic heterocycles. The number of benzene rings is 1. The lowest BCUT2D eigenvalue weighted by Gasteiger charge is -2.03. The van der Waals surface area contributed by atoms with E-state index in [2.05, 4.69) is 4.98 Å². The van der Waals surface area contributed by atoms with Crippen LogP contribution in [-0.4, -0.2) is 24.9 Å². The van der Waals surface area contributed by atoms with E-state index < -0.39 is 9.84 Å². The van der Waals surface area contributed by atoms with Crippen LogP contribution in [0.15, 0.2) is 39.6 Å². The molecular formula is C11H11ClN2O2S3. The first-order valence-corrected chi connectivity index (χ1v) is 9.13. The number of hydrogen-bond donors (Lipinski definition) is 1. The van der Waals surface area contributed by atoms with E-state index in [0.29, 0.717) is 20.8 Å². The zero-order valence-corrected chi connectivity index (χ0v) is 13.0. The highest BCUT2D eigenvalue weighted by Gasteiger charge is 2.14. The van der Waals surface area contributed by atoms with Crippen LogP contribution in [0.2, 0.25) is 5.02 Å². The number of sulfone groups is 1. The number of nitrogens with two attached hydrogens (primary N) is 1. The molecule has 0 atom stereocenters. The first-order valence-electron chi connectivity index (χ1n) is 5.30. The van der Waals surface area contributed by atoms with Gasteiger partial charge in [-0.3, -0.25) is 0 Å². The smallest absolute Gasteiger partial charge is 0.181 e. The maximum absolute atomic E-state index is 12.0. The van der Waals surface area contributed by atoms with Crippen LogP contribution in [0.4, 0.5) is 5.13 Å². The Balaban J connectivity index is 1.96. The fraction of sp³-hybridized carbons (Fsp3) is 0.182. The Kier molecular flexibility index (Phi) is 4.72. The summed E-state index contributed by atoms with van der Waals surface area (Å²) in [5.41, 5.74) is 5.50. The van der Waals surface area contributed by atoms with Crippen LogP contribution in [0.3, 0.4) is 0 Å². The van der Waals surface area contributed by atoms with Crippen molar-refractivity contribution in [3.8, 4) is 0 Å². The Morgan fingerprint density at radius 1 is 1.32 bits per heavy atom. The third-order valence-corrected chi connectivity index (χ3v) is 6.54. The van der Waals surface area contributed by atoms with Gasteiger partial charge in [0.25, 0.3) is 0 Å². The molecule has 1 heterocycles. The summed E-state index contributed by atoms with van der Waals surface area (Å²) in [5, 5.41) is 1.01. The highest BCUT2D eigenvalue weighted by molar-refractivity contribution is 8.02. The van der Waals surface area contributed by atoms with Gasteiger partial charge in [-0.2, -0.15) is 0 Å². The molecule has 0 radical (unpaired) electrons. The third-order valence-electron chi connectivity index (χ3n) is 2.27. The van der Waals surface area contributed by atoms with Gasteiger partial charge in [-0.25, -0.2) is 13.4 Å². The molecule has 0 aliphatic rings. The SMILES string of the molecule is Nc1ncc(SCCS(=O)(=O)c2ccc(Cl)cc2)s1. The van der Waals surface area contributed by atoms with Gasteiger partial charge in [-0.15, -0.1) is 11.8 Å². The Morgan fingerprint density at radius 3 is 2.58 bits per heavy atom. The van der Waals surface area contributed by atoms with Crippen LogP contribution in [0.5, 0.6) is 0 Å². The highest BCUT2D eigenvalue weighted by atomic mass is 35.5. The largest absolute Gasteiger partial charge is 0.375 e. The predicted molar refractivity (Wildman–Crippen MR) is 80.8 cm³/mol. The molecule has 2 aromatic rings. The molecule has 0 aliphatic heterocycles. The number of rotatable bonds is 5. The lowest BCUT2D eigenvalue weighted by Crippen LogP contribution is -2.08. The van der Waals surface area contributed by atoms with E-state index >= 15 is 0 Å². The minimum atomic E-state index is -3.27. The number of anilines is 1. The van der Waals surface area contributed by atoms with Crippen molar-refractivity contribution in [1.29, 1.82) is 0 Å². The van der Waals surface area contributed by atoms with E-state index in [1.807, 2.05) is 0 Å². The molecule has 0 saturated heterocycles. The average Bonchev–Trinajstić information content (AvgIpc) is 2.75. The van der Waals surface area contributed by atoms with Crippen LogP contribution >= 0.6 is 34.7 Å². The van der Waals surface area contributed by atoms with Crippen LogP contribution < -0.4 is 5.73 Å². The van der Waals surface area contributed by atoms with Gasteiger partial charge in [-0.05, 0) is 24.3 Å². The molecule has 19 heavy (non-hydrogen) atoms. The molecule has 0 bridgehead atoms. The number of nitrogens with zero attached hydrogens (tertiary/aromatic N) is 1. The Hall–Kier alpha value is -0.760. The Bertz CT molecular complexity index is 653. The number of aromatic nitrogens is 1. The maximum Gasteiger partial charge on any atom is 0.181 e. The van der Waals surface area contributed by atoms with Gasteiger partial charge in [0.1, 0.15) is 0 Å². The van der Waals surface area contributed by atoms with Crippen molar-refractivity contribution >= 4 is 49.7 Å². The predicted octanol–water partition coefficient (Wildman–Crippen LogP) is 2.94. The third kappa shape index (κ3) is 4.10. The number of hydrogen-bond acceptors (Lipinski definition) is 6. The fourth-order valence-corrected chi connectivity index (χ4v) is 4.96. The van der Waals surface area contributed by atoms with Gasteiger partial charge in [0.05, 0.1) is 21.1 Å². The molecular weight excluding hydrogens is 324 g/mol. The average molecular weight is 335 g/mol. The van der Waals surface area contributed by atoms with Crippen LogP contribution in [-0.2, 0) is 9.84 Å². The van der Waals surface area contributed by atoms with E-state index in [1.165, 1.54) is 35.2 Å². The van der Waals surface area contributed by atoms with Crippen LogP contribution in [0, 0.1) is 0 Å². The summed E-state index contributed by atoms with van der Waals surface area (Å²) in [4.78, 5) is 4.20. The summed E-state index contributed by atoms with van der Waals surface area (Å²) in [7, 11) is -3.27. The summed E-state index contributed by atoms with van der Waals surface area (Å²) in [6.07, 6.45) is 1.65. The monoisotopic (exact) mass is 334 g/mol. The minimum absolute atomic E-state index is 0.0666. The van der Waals surface area contributed by atoms with Gasteiger partial charge in [0, 0.05) is 10.8 Å². The van der Waals surface area contributed by atoms with Gasteiger partial charge < -0.3 is 5.73 Å². The fourth-order valence-electron chi connectivity index (χ4n) is 1.35. The van der Waals surface area contributed by atoms with Crippen molar-refractivity contribution in [3.05, 3.63) is 35.5 Å². The number of nitrogen functional groups attached to an aromatic ring is 1. The van der Waals surface area contributed by atoms with E-state index in [9.17, 15) is 8.42 Å². The second-order valence-corrected chi connectivity index (χ2v) is 8.64. The second kappa shape index (κ2) is 6.13. The van der Waals surface area contributed by atoms with Gasteiger partial charge in [-0.1, -0.05) is 22.9 Å². The van der Waals surface area contributed by atoms with E-state index in [0.717, 1.165) is 4.21 Å². The summed E-state index contributed by atoms with van der Waals surface area (Å²) in [6, 6.07) is 6.19. The number of halogens is 1. The zero-order chi connectivity index (χ0) is 13.9. The molecule has 0 spiro atoms. The first kappa shape index (κ1) is 14.6. The molecule has 0 fully saturated rings. The molecule has 2 rings (SSSR count). The Labute approximate surface area is 124 Å². The maximum atomic E-state index is 12.0. The molecule has 0 saturated carbocycles. The molecule has 102 valence electrons. The van der Waals surface area contributed by atoms with Crippen molar-refractivity contribution in [1.82, 2.24) is 4.98 Å². The topological polar surface area (TPSA) is 73.0 Å². The van der Waals surface area contributed by atoms with Crippen molar-refractivity contribution in [2.75, 3.05) is 17.2 Å². The summed E-state index contributed by atoms with van der Waals surface area (Å²) in [5.74, 6) is 0.531. The van der Waals surface area contributed by atoms with E-state index in [4.69, 9.17) is 17.3 Å². The van der Waals surface area contributed by atoms with Crippen LogP contribution in [0.1, 0.15) is 0 Å². The second-order valence-electron chi connectivity index (χ2n) is 3.64. The molecule has 2 N–H and O–H groups in total. The van der Waals surface area contributed by atoms with E-state index in [1.54, 1.807) is 18.3 Å². The van der Waals surface area contributed by atoms with Crippen molar-refractivity contribution < 1.29 is 8.42 Å². The standard InChI is InChI=1S/C11H11ClN2O2S3/c12-8-1-3-9(4-2-8)19(15,16)6-5-17-10-7-14-11(13)18-10/h1-4,7H,5-6H2,(H2,13,14). The normalized spacial score (nSPS) is 11.6. The van der Waals surface area contributed by atoms with Crippen LogP contribution in [0.25, 0.3) is 0 Å². The summed E-state index contributed by atoms with van der Waals surface area (Å²) >= 11 is 8.52. The summed E-state index contributed by atoms with van der Waals surface area (Å²) < 4.78 is 25.0. The lowest BCUT2D eigenvalue weighted by molar-refractivity contribution is 0.597. The molecule has 0 aliphatic carbocycles. The molecule has 0 amide bonds. The lowest BCUT2D eigenvalue weighted by atomic mass is 10.4. The number of thioether (sulfide) groups is 1. The van der Waals surface area contributed by atoms with Gasteiger partial charge in [0.15, 0.2) is 15.0 Å². The van der Waals surface area contributed by atoms with Gasteiger partial charge in [0.2, 0.25) is 0 Å². The first-order chi connectivity index (χ1) is 8.97. The zero-order valence-electron chi connectivity index (χ0n) is 9.74. The molecule has 1 aromatic carbocycles. The minimum Gasteiger partial charge on any atom is -0.375 e. The molecule has 4 nitrogen and oxygen atoms in total. The highest BCUT2D eigenvalue weighted by Crippen LogP contribution is 2.27. The number of thiazole rings is 1. The van der Waals surface area contributed by atoms with Gasteiger partial charge >= 0.3 is 0 Å². The quantitative estimate of drug-likeness (QED) is 0.851. The Morgan fingerprint density at radius 2 is 2.00 bits per heavy atom. The molecule has 8 heteroatoms. The van der Waals surface area contributed by atoms with Crippen molar-refractivity contribution in [2.24, 2.45) is 0 Å². The van der Waals surface area contributed by atoms with Crippen molar-refractivity contribution in [2.45, 2.75) is 9.10 Å².